The quantitative estimate of drug-likeness (QED) is 0.698. The van der Waals surface area contributed by atoms with Crippen LogP contribution in [-0.4, -0.2) is 47.8 Å². The molecule has 0 unspecified atom stereocenters. The summed E-state index contributed by atoms with van der Waals surface area (Å²) in [5.41, 5.74) is 1.69. The van der Waals surface area contributed by atoms with Crippen molar-refractivity contribution < 1.29 is 19.0 Å². The molecule has 0 bridgehead atoms. The van der Waals surface area contributed by atoms with Crippen molar-refractivity contribution >= 4 is 17.5 Å². The lowest BCUT2D eigenvalue weighted by Gasteiger charge is -2.37. The Bertz CT molecular complexity index is 875. The number of piperidine rings is 1. The molecule has 3 rings (SSSR count). The van der Waals surface area contributed by atoms with Gasteiger partial charge in [-0.15, -0.1) is 0 Å². The van der Waals surface area contributed by atoms with Crippen LogP contribution in [-0.2, 0) is 11.3 Å². The van der Waals surface area contributed by atoms with Crippen LogP contribution >= 0.6 is 11.6 Å². The van der Waals surface area contributed by atoms with Crippen LogP contribution in [0, 0.1) is 19.7 Å². The third kappa shape index (κ3) is 6.17. The first-order valence-electron chi connectivity index (χ1n) is 10.1. The van der Waals surface area contributed by atoms with Crippen LogP contribution in [0.15, 0.2) is 36.4 Å². The topological polar surface area (TPSA) is 61.8 Å². The van der Waals surface area contributed by atoms with E-state index in [1.807, 2.05) is 30.9 Å². The van der Waals surface area contributed by atoms with Crippen molar-refractivity contribution in [3.8, 4) is 5.75 Å². The van der Waals surface area contributed by atoms with Gasteiger partial charge in [0.2, 0.25) is 5.91 Å². The number of hydrogen-bond donors (Lipinski definition) is 2. The van der Waals surface area contributed by atoms with Gasteiger partial charge in [0.05, 0.1) is 6.54 Å². The molecule has 0 radical (unpaired) electrons. The van der Waals surface area contributed by atoms with Crippen molar-refractivity contribution in [2.45, 2.75) is 38.8 Å². The minimum atomic E-state index is -0.921. The molecule has 2 N–H and O–H groups in total. The molecule has 0 saturated carbocycles. The number of aliphatic hydroxyl groups is 1. The van der Waals surface area contributed by atoms with Crippen LogP contribution in [0.4, 0.5) is 4.39 Å². The van der Waals surface area contributed by atoms with Gasteiger partial charge in [0.1, 0.15) is 23.8 Å². The predicted octanol–water partition coefficient (Wildman–Crippen LogP) is 3.62. The Morgan fingerprint density at radius 3 is 2.53 bits per heavy atom. The van der Waals surface area contributed by atoms with E-state index in [-0.39, 0.29) is 24.9 Å². The van der Waals surface area contributed by atoms with Gasteiger partial charge in [-0.05, 0) is 67.6 Å². The van der Waals surface area contributed by atoms with Gasteiger partial charge in [0.15, 0.2) is 0 Å². The third-order valence-electron chi connectivity index (χ3n) is 5.45. The Morgan fingerprint density at radius 2 is 1.90 bits per heavy atom. The van der Waals surface area contributed by atoms with E-state index in [2.05, 4.69) is 5.32 Å². The number of benzene rings is 2. The first kappa shape index (κ1) is 22.5. The van der Waals surface area contributed by atoms with Crippen molar-refractivity contribution in [3.63, 3.8) is 0 Å². The van der Waals surface area contributed by atoms with Crippen LogP contribution in [0.1, 0.15) is 29.5 Å². The number of rotatable bonds is 7. The minimum Gasteiger partial charge on any atom is -0.491 e. The number of likely N-dealkylation sites (tertiary alicyclic amines) is 1. The molecule has 2 aromatic rings. The highest BCUT2D eigenvalue weighted by Crippen LogP contribution is 2.28. The Balaban J connectivity index is 1.42. The van der Waals surface area contributed by atoms with E-state index in [4.69, 9.17) is 16.3 Å². The van der Waals surface area contributed by atoms with Gasteiger partial charge >= 0.3 is 0 Å². The second-order valence-corrected chi connectivity index (χ2v) is 8.44. The zero-order valence-corrected chi connectivity index (χ0v) is 18.1. The highest BCUT2D eigenvalue weighted by molar-refractivity contribution is 6.32. The standard InChI is InChI=1S/C23H28ClFN2O3/c1-16-10-20(11-17(2)22(16)24)30-15-23(29)6-8-27(9-7-23)14-21(28)26-13-18-4-3-5-19(25)12-18/h3-5,10-12,29H,6-9,13-15H2,1-2H3,(H,26,28). The number of nitrogens with zero attached hydrogens (tertiary/aromatic N) is 1. The molecule has 0 aromatic heterocycles. The highest BCUT2D eigenvalue weighted by Gasteiger charge is 2.33. The van der Waals surface area contributed by atoms with Crippen molar-refractivity contribution in [2.75, 3.05) is 26.2 Å². The van der Waals surface area contributed by atoms with Crippen LogP contribution in [0.25, 0.3) is 0 Å². The molecule has 2 aromatic carbocycles. The largest absolute Gasteiger partial charge is 0.491 e. The lowest BCUT2D eigenvalue weighted by atomic mass is 9.92. The second kappa shape index (κ2) is 9.77. The van der Waals surface area contributed by atoms with Gasteiger partial charge < -0.3 is 15.2 Å². The molecular formula is C23H28ClFN2O3. The van der Waals surface area contributed by atoms with E-state index < -0.39 is 5.60 Å². The number of amides is 1. The molecule has 5 nitrogen and oxygen atoms in total. The molecular weight excluding hydrogens is 407 g/mol. The minimum absolute atomic E-state index is 0.118. The summed E-state index contributed by atoms with van der Waals surface area (Å²) < 4.78 is 19.0. The summed E-state index contributed by atoms with van der Waals surface area (Å²) in [4.78, 5) is 14.2. The fourth-order valence-corrected chi connectivity index (χ4v) is 3.69. The maximum absolute atomic E-state index is 13.2. The number of carbonyl (C=O) groups excluding carboxylic acids is 1. The smallest absolute Gasteiger partial charge is 0.234 e. The van der Waals surface area contributed by atoms with Gasteiger partial charge in [-0.1, -0.05) is 23.7 Å². The number of ether oxygens (including phenoxy) is 1. The van der Waals surface area contributed by atoms with E-state index in [0.29, 0.717) is 38.2 Å². The van der Waals surface area contributed by atoms with E-state index in [1.54, 1.807) is 12.1 Å². The Labute approximate surface area is 181 Å². The number of halogens is 2. The van der Waals surface area contributed by atoms with Crippen molar-refractivity contribution in [1.29, 1.82) is 0 Å². The van der Waals surface area contributed by atoms with Crippen molar-refractivity contribution in [1.82, 2.24) is 10.2 Å². The molecule has 1 heterocycles. The predicted molar refractivity (Wildman–Crippen MR) is 115 cm³/mol. The fourth-order valence-electron chi connectivity index (χ4n) is 3.59. The zero-order chi connectivity index (χ0) is 21.7. The van der Waals surface area contributed by atoms with Crippen LogP contribution in [0.5, 0.6) is 5.75 Å². The molecule has 0 spiro atoms. The molecule has 1 amide bonds. The summed E-state index contributed by atoms with van der Waals surface area (Å²) in [5, 5.41) is 14.4. The number of hydrogen-bond acceptors (Lipinski definition) is 4. The van der Waals surface area contributed by atoms with Crippen LogP contribution < -0.4 is 10.1 Å². The Kier molecular flexibility index (Phi) is 7.34. The van der Waals surface area contributed by atoms with Gasteiger partial charge in [0.25, 0.3) is 0 Å². The van der Waals surface area contributed by atoms with Gasteiger partial charge in [-0.3, -0.25) is 9.69 Å². The summed E-state index contributed by atoms with van der Waals surface area (Å²) in [6.45, 7) is 5.80. The maximum atomic E-state index is 13.2. The third-order valence-corrected chi connectivity index (χ3v) is 6.05. The molecule has 30 heavy (non-hydrogen) atoms. The Hall–Kier alpha value is -2.15. The molecule has 1 aliphatic heterocycles. The zero-order valence-electron chi connectivity index (χ0n) is 17.4. The normalized spacial score (nSPS) is 16.3. The van der Waals surface area contributed by atoms with E-state index in [0.717, 1.165) is 21.7 Å². The summed E-state index contributed by atoms with van der Waals surface area (Å²) in [5.74, 6) is 0.262. The van der Waals surface area contributed by atoms with Crippen LogP contribution in [0.2, 0.25) is 5.02 Å². The number of carbonyl (C=O) groups is 1. The lowest BCUT2D eigenvalue weighted by Crippen LogP contribution is -2.50. The molecule has 0 aliphatic carbocycles. The van der Waals surface area contributed by atoms with Crippen LogP contribution in [0.3, 0.4) is 0 Å². The average Bonchev–Trinajstić information content (AvgIpc) is 2.71. The monoisotopic (exact) mass is 434 g/mol. The average molecular weight is 435 g/mol. The van der Waals surface area contributed by atoms with Gasteiger partial charge in [0, 0.05) is 24.7 Å². The maximum Gasteiger partial charge on any atom is 0.234 e. The summed E-state index contributed by atoms with van der Waals surface area (Å²) in [6, 6.07) is 9.92. The molecule has 162 valence electrons. The Morgan fingerprint density at radius 1 is 1.23 bits per heavy atom. The summed E-state index contributed by atoms with van der Waals surface area (Å²) in [7, 11) is 0. The molecule has 1 aliphatic rings. The molecule has 1 fully saturated rings. The molecule has 0 atom stereocenters. The number of aryl methyl sites for hydroxylation is 2. The van der Waals surface area contributed by atoms with E-state index in [9.17, 15) is 14.3 Å². The number of nitrogens with one attached hydrogen (secondary N) is 1. The van der Waals surface area contributed by atoms with Crippen molar-refractivity contribution in [3.05, 3.63) is 63.9 Å². The highest BCUT2D eigenvalue weighted by atomic mass is 35.5. The first-order valence-corrected chi connectivity index (χ1v) is 10.5. The van der Waals surface area contributed by atoms with E-state index in [1.165, 1.54) is 12.1 Å². The second-order valence-electron chi connectivity index (χ2n) is 8.07. The molecule has 7 heteroatoms. The molecule has 1 saturated heterocycles. The SMILES string of the molecule is Cc1cc(OCC2(O)CCN(CC(=O)NCc3cccc(F)c3)CC2)cc(C)c1Cl. The lowest BCUT2D eigenvalue weighted by molar-refractivity contribution is -0.124. The van der Waals surface area contributed by atoms with Gasteiger partial charge in [-0.2, -0.15) is 0 Å². The summed E-state index contributed by atoms with van der Waals surface area (Å²) >= 11 is 6.19. The fraction of sp³-hybridized carbons (Fsp3) is 0.435. The van der Waals surface area contributed by atoms with E-state index >= 15 is 0 Å². The van der Waals surface area contributed by atoms with Crippen molar-refractivity contribution in [2.24, 2.45) is 0 Å². The first-order chi connectivity index (χ1) is 14.2. The van der Waals surface area contributed by atoms with Gasteiger partial charge in [-0.25, -0.2) is 4.39 Å². The summed E-state index contributed by atoms with van der Waals surface area (Å²) in [6.07, 6.45) is 1.05.